The summed E-state index contributed by atoms with van der Waals surface area (Å²) in [6, 6.07) is 16.1. The van der Waals surface area contributed by atoms with E-state index >= 15 is 0 Å². The zero-order valence-electron chi connectivity index (χ0n) is 14.4. The third-order valence-electron chi connectivity index (χ3n) is 3.90. The molecule has 1 amide bonds. The van der Waals surface area contributed by atoms with Gasteiger partial charge in [-0.25, -0.2) is 4.98 Å². The average molecular weight is 368 g/mol. The maximum Gasteiger partial charge on any atom is 0.256 e. The molecule has 0 bridgehead atoms. The van der Waals surface area contributed by atoms with Crippen LogP contribution in [0, 0.1) is 6.92 Å². The first-order chi connectivity index (χ1) is 12.6. The molecule has 0 spiro atoms. The number of nitrogens with zero attached hydrogens (tertiary/aromatic N) is 1. The second-order valence-corrected chi connectivity index (χ2v) is 6.06. The summed E-state index contributed by atoms with van der Waals surface area (Å²) in [6.45, 7) is 1.95. The molecule has 132 valence electrons. The van der Waals surface area contributed by atoms with Crippen molar-refractivity contribution in [1.29, 1.82) is 0 Å². The van der Waals surface area contributed by atoms with E-state index in [0.29, 0.717) is 22.2 Å². The Morgan fingerprint density at radius 1 is 1.08 bits per heavy atom. The van der Waals surface area contributed by atoms with Gasteiger partial charge in [-0.3, -0.25) is 4.79 Å². The lowest BCUT2D eigenvalue weighted by atomic mass is 10.2. The van der Waals surface area contributed by atoms with Crippen molar-refractivity contribution in [3.63, 3.8) is 0 Å². The van der Waals surface area contributed by atoms with Crippen molar-refractivity contribution in [3.8, 4) is 5.75 Å². The van der Waals surface area contributed by atoms with Crippen LogP contribution in [0.2, 0.25) is 5.02 Å². The van der Waals surface area contributed by atoms with E-state index in [1.165, 1.54) is 0 Å². The largest absolute Gasteiger partial charge is 0.497 e. The van der Waals surface area contributed by atoms with Gasteiger partial charge in [-0.05, 0) is 61.0 Å². The molecule has 1 heterocycles. The molecule has 3 rings (SSSR count). The Morgan fingerprint density at radius 2 is 1.85 bits per heavy atom. The molecule has 0 aliphatic heterocycles. The van der Waals surface area contributed by atoms with Crippen molar-refractivity contribution in [1.82, 2.24) is 4.98 Å². The Kier molecular flexibility index (Phi) is 5.39. The van der Waals surface area contributed by atoms with Crippen molar-refractivity contribution in [2.75, 3.05) is 17.7 Å². The lowest BCUT2D eigenvalue weighted by Gasteiger charge is -2.11. The summed E-state index contributed by atoms with van der Waals surface area (Å²) in [4.78, 5) is 16.5. The Labute approximate surface area is 157 Å². The van der Waals surface area contributed by atoms with Crippen LogP contribution < -0.4 is 15.4 Å². The number of aromatic nitrogens is 1. The number of carbonyl (C=O) groups excluding carboxylic acids is 1. The second kappa shape index (κ2) is 7.89. The van der Waals surface area contributed by atoms with E-state index in [9.17, 15) is 4.79 Å². The molecule has 0 radical (unpaired) electrons. The maximum atomic E-state index is 12.2. The fourth-order valence-corrected chi connectivity index (χ4v) is 2.55. The van der Waals surface area contributed by atoms with E-state index in [0.717, 1.165) is 16.9 Å². The molecule has 3 aromatic rings. The monoisotopic (exact) mass is 367 g/mol. The van der Waals surface area contributed by atoms with Crippen LogP contribution in [0.3, 0.4) is 0 Å². The van der Waals surface area contributed by atoms with Crippen LogP contribution in [-0.2, 0) is 0 Å². The third kappa shape index (κ3) is 4.13. The highest BCUT2D eigenvalue weighted by Crippen LogP contribution is 2.26. The van der Waals surface area contributed by atoms with Gasteiger partial charge in [-0.15, -0.1) is 0 Å². The summed E-state index contributed by atoms with van der Waals surface area (Å²) >= 11 is 6.13. The molecule has 0 saturated heterocycles. The number of methoxy groups -OCH3 is 1. The predicted octanol–water partition coefficient (Wildman–Crippen LogP) is 5.05. The minimum Gasteiger partial charge on any atom is -0.497 e. The smallest absolute Gasteiger partial charge is 0.256 e. The molecule has 6 heteroatoms. The molecule has 0 saturated carbocycles. The molecule has 2 N–H and O–H groups in total. The number of rotatable bonds is 5. The molecule has 0 unspecified atom stereocenters. The molecule has 0 aliphatic carbocycles. The molecule has 5 nitrogen and oxygen atoms in total. The van der Waals surface area contributed by atoms with E-state index in [1.807, 2.05) is 31.2 Å². The van der Waals surface area contributed by atoms with Crippen molar-refractivity contribution in [2.45, 2.75) is 6.92 Å². The van der Waals surface area contributed by atoms with Crippen molar-refractivity contribution in [2.24, 2.45) is 0 Å². The highest BCUT2D eigenvalue weighted by atomic mass is 35.5. The number of amides is 1. The topological polar surface area (TPSA) is 63.2 Å². The quantitative estimate of drug-likeness (QED) is 0.662. The minimum atomic E-state index is -0.230. The van der Waals surface area contributed by atoms with Gasteiger partial charge in [-0.1, -0.05) is 17.7 Å². The Balaban J connectivity index is 1.67. The Morgan fingerprint density at radius 3 is 2.50 bits per heavy atom. The zero-order chi connectivity index (χ0) is 18.5. The Hall–Kier alpha value is -3.05. The summed E-state index contributed by atoms with van der Waals surface area (Å²) in [5, 5.41) is 6.73. The van der Waals surface area contributed by atoms with Gasteiger partial charge < -0.3 is 15.4 Å². The SMILES string of the molecule is COc1ccc(C(=O)Nc2ccc(Nc3cccc(Cl)c3C)cn2)cc1. The summed E-state index contributed by atoms with van der Waals surface area (Å²) < 4.78 is 5.09. The number of halogens is 1. The van der Waals surface area contributed by atoms with Gasteiger partial charge in [0.15, 0.2) is 0 Å². The normalized spacial score (nSPS) is 10.3. The number of carbonyl (C=O) groups is 1. The van der Waals surface area contributed by atoms with Crippen molar-refractivity contribution in [3.05, 3.63) is 76.9 Å². The van der Waals surface area contributed by atoms with Gasteiger partial charge in [0.2, 0.25) is 0 Å². The molecule has 26 heavy (non-hydrogen) atoms. The third-order valence-corrected chi connectivity index (χ3v) is 4.31. The number of nitrogens with one attached hydrogen (secondary N) is 2. The average Bonchev–Trinajstić information content (AvgIpc) is 2.67. The Bertz CT molecular complexity index is 909. The number of hydrogen-bond acceptors (Lipinski definition) is 4. The van der Waals surface area contributed by atoms with Gasteiger partial charge in [0.1, 0.15) is 11.6 Å². The van der Waals surface area contributed by atoms with Gasteiger partial charge in [-0.2, -0.15) is 0 Å². The van der Waals surface area contributed by atoms with E-state index in [1.54, 1.807) is 43.6 Å². The number of hydrogen-bond donors (Lipinski definition) is 2. The van der Waals surface area contributed by atoms with Crippen LogP contribution in [0.5, 0.6) is 5.75 Å². The first-order valence-corrected chi connectivity index (χ1v) is 8.38. The molecular weight excluding hydrogens is 350 g/mol. The lowest BCUT2D eigenvalue weighted by Crippen LogP contribution is -2.12. The fourth-order valence-electron chi connectivity index (χ4n) is 2.37. The van der Waals surface area contributed by atoms with Gasteiger partial charge >= 0.3 is 0 Å². The lowest BCUT2D eigenvalue weighted by molar-refractivity contribution is 0.102. The first kappa shape index (κ1) is 17.8. The second-order valence-electron chi connectivity index (χ2n) is 5.65. The summed E-state index contributed by atoms with van der Waals surface area (Å²) in [6.07, 6.45) is 1.66. The number of pyridine rings is 1. The predicted molar refractivity (Wildman–Crippen MR) is 105 cm³/mol. The van der Waals surface area contributed by atoms with Crippen LogP contribution >= 0.6 is 11.6 Å². The molecule has 1 aromatic heterocycles. The van der Waals surface area contributed by atoms with E-state index in [2.05, 4.69) is 15.6 Å². The van der Waals surface area contributed by atoms with E-state index in [-0.39, 0.29) is 5.91 Å². The van der Waals surface area contributed by atoms with Crippen molar-refractivity contribution >= 4 is 34.7 Å². The van der Waals surface area contributed by atoms with Crippen LogP contribution in [0.15, 0.2) is 60.8 Å². The first-order valence-electron chi connectivity index (χ1n) is 8.00. The summed E-state index contributed by atoms with van der Waals surface area (Å²) in [5.41, 5.74) is 3.21. The number of benzene rings is 2. The summed E-state index contributed by atoms with van der Waals surface area (Å²) in [5.74, 6) is 0.942. The number of anilines is 3. The van der Waals surface area contributed by atoms with Gasteiger partial charge in [0, 0.05) is 16.3 Å². The van der Waals surface area contributed by atoms with E-state index in [4.69, 9.17) is 16.3 Å². The molecule has 0 fully saturated rings. The molecule has 0 aliphatic rings. The highest BCUT2D eigenvalue weighted by Gasteiger charge is 2.08. The van der Waals surface area contributed by atoms with Gasteiger partial charge in [0.05, 0.1) is 19.0 Å². The maximum absolute atomic E-state index is 12.2. The van der Waals surface area contributed by atoms with Gasteiger partial charge in [0.25, 0.3) is 5.91 Å². The standard InChI is InChI=1S/C20H18ClN3O2/c1-13-17(21)4-3-5-18(13)23-15-8-11-19(22-12-15)24-20(25)14-6-9-16(26-2)10-7-14/h3-12,23H,1-2H3,(H,22,24,25). The highest BCUT2D eigenvalue weighted by molar-refractivity contribution is 6.31. The van der Waals surface area contributed by atoms with Crippen LogP contribution in [0.4, 0.5) is 17.2 Å². The zero-order valence-corrected chi connectivity index (χ0v) is 15.2. The molecule has 0 atom stereocenters. The van der Waals surface area contributed by atoms with Crippen LogP contribution in [0.1, 0.15) is 15.9 Å². The minimum absolute atomic E-state index is 0.230. The molecular formula is C20H18ClN3O2. The van der Waals surface area contributed by atoms with E-state index < -0.39 is 0 Å². The van der Waals surface area contributed by atoms with Crippen molar-refractivity contribution < 1.29 is 9.53 Å². The summed E-state index contributed by atoms with van der Waals surface area (Å²) in [7, 11) is 1.58. The fraction of sp³-hybridized carbons (Fsp3) is 0.100. The number of ether oxygens (including phenoxy) is 1. The molecule has 2 aromatic carbocycles. The van der Waals surface area contributed by atoms with Crippen LogP contribution in [0.25, 0.3) is 0 Å². The van der Waals surface area contributed by atoms with Crippen LogP contribution in [-0.4, -0.2) is 18.0 Å².